The Bertz CT molecular complexity index is 1620. The summed E-state index contributed by atoms with van der Waals surface area (Å²) in [7, 11) is 2.95. The van der Waals surface area contributed by atoms with Gasteiger partial charge >= 0.3 is 6.09 Å². The number of hydrogen-bond acceptors (Lipinski definition) is 9. The van der Waals surface area contributed by atoms with E-state index in [0.717, 1.165) is 0 Å². The second-order valence-electron chi connectivity index (χ2n) is 9.88. The summed E-state index contributed by atoms with van der Waals surface area (Å²) in [5, 5.41) is 15.7. The topological polar surface area (TPSA) is 145 Å². The van der Waals surface area contributed by atoms with Crippen LogP contribution < -0.4 is 20.1 Å². The number of nitrogens with one attached hydrogen (secondary N) is 2. The Morgan fingerprint density at radius 1 is 0.976 bits per heavy atom. The second-order valence-corrected chi connectivity index (χ2v) is 9.88. The molecule has 0 fully saturated rings. The van der Waals surface area contributed by atoms with Crippen LogP contribution in [0.5, 0.6) is 11.5 Å². The molecule has 0 radical (unpaired) electrons. The lowest BCUT2D eigenvalue weighted by Crippen LogP contribution is -2.27. The Balaban J connectivity index is 1.91. The molecule has 0 aliphatic heterocycles. The molecule has 2 amide bonds. The molecule has 0 bridgehead atoms. The lowest BCUT2D eigenvalue weighted by atomic mass is 9.96. The number of furan rings is 1. The summed E-state index contributed by atoms with van der Waals surface area (Å²) in [6, 6.07) is 19.1. The van der Waals surface area contributed by atoms with Crippen molar-refractivity contribution in [1.29, 1.82) is 5.26 Å². The summed E-state index contributed by atoms with van der Waals surface area (Å²) in [6.07, 6.45) is 0.691. The molecule has 2 aromatic heterocycles. The molecule has 0 saturated carbocycles. The molecule has 4 aromatic rings. The Morgan fingerprint density at radius 2 is 1.74 bits per heavy atom. The van der Waals surface area contributed by atoms with Gasteiger partial charge in [-0.15, -0.1) is 0 Å². The van der Waals surface area contributed by atoms with E-state index in [1.807, 2.05) is 6.07 Å². The van der Waals surface area contributed by atoms with Crippen molar-refractivity contribution >= 4 is 23.5 Å². The number of para-hydroxylation sites is 2. The summed E-state index contributed by atoms with van der Waals surface area (Å²) in [5.41, 5.74) is 1.45. The van der Waals surface area contributed by atoms with Crippen LogP contribution >= 0.6 is 0 Å². The SMILES string of the molecule is COCOc1ccccc1-c1cc(-c2cccc(NC(=O)OC(C)(C)C)c2OC)c(C#N)c(NC(=O)c2ccco2)n1. The van der Waals surface area contributed by atoms with Gasteiger partial charge in [-0.2, -0.15) is 5.26 Å². The number of benzene rings is 2. The Hall–Kier alpha value is -5.34. The molecule has 2 heterocycles. The van der Waals surface area contributed by atoms with E-state index in [1.165, 1.54) is 26.5 Å². The average Bonchev–Trinajstić information content (AvgIpc) is 3.50. The predicted molar refractivity (Wildman–Crippen MR) is 155 cm³/mol. The van der Waals surface area contributed by atoms with Gasteiger partial charge in [0.25, 0.3) is 5.91 Å². The van der Waals surface area contributed by atoms with Gasteiger partial charge in [0.2, 0.25) is 0 Å². The number of nitriles is 1. The zero-order chi connectivity index (χ0) is 30.3. The van der Waals surface area contributed by atoms with Crippen molar-refractivity contribution in [2.24, 2.45) is 0 Å². The van der Waals surface area contributed by atoms with Gasteiger partial charge in [0, 0.05) is 23.8 Å². The van der Waals surface area contributed by atoms with Crippen LogP contribution in [0.4, 0.5) is 16.3 Å². The number of pyridine rings is 1. The highest BCUT2D eigenvalue weighted by molar-refractivity contribution is 6.03. The fourth-order valence-corrected chi connectivity index (χ4v) is 4.08. The molecule has 216 valence electrons. The van der Waals surface area contributed by atoms with Gasteiger partial charge in [-0.05, 0) is 57.2 Å². The minimum absolute atomic E-state index is 0.00552. The minimum atomic E-state index is -0.720. The fourth-order valence-electron chi connectivity index (χ4n) is 4.08. The first-order valence-corrected chi connectivity index (χ1v) is 12.8. The highest BCUT2D eigenvalue weighted by atomic mass is 16.7. The van der Waals surface area contributed by atoms with Crippen molar-refractivity contribution in [3.8, 4) is 40.0 Å². The summed E-state index contributed by atoms with van der Waals surface area (Å²) >= 11 is 0. The molecule has 0 aliphatic rings. The number of ether oxygens (including phenoxy) is 4. The third-order valence-electron chi connectivity index (χ3n) is 5.75. The van der Waals surface area contributed by atoms with Crippen LogP contribution in [0.2, 0.25) is 0 Å². The number of aromatic nitrogens is 1. The van der Waals surface area contributed by atoms with Crippen LogP contribution in [0.15, 0.2) is 71.3 Å². The molecule has 2 N–H and O–H groups in total. The number of methoxy groups -OCH3 is 2. The molecular weight excluding hydrogens is 540 g/mol. The maximum atomic E-state index is 13.0. The smallest absolute Gasteiger partial charge is 0.412 e. The van der Waals surface area contributed by atoms with Crippen LogP contribution in [-0.4, -0.2) is 43.6 Å². The van der Waals surface area contributed by atoms with Crippen LogP contribution in [0.1, 0.15) is 36.9 Å². The third-order valence-corrected chi connectivity index (χ3v) is 5.75. The van der Waals surface area contributed by atoms with Crippen molar-refractivity contribution in [3.63, 3.8) is 0 Å². The molecule has 42 heavy (non-hydrogen) atoms. The molecule has 11 heteroatoms. The van der Waals surface area contributed by atoms with Crippen molar-refractivity contribution in [2.45, 2.75) is 26.4 Å². The lowest BCUT2D eigenvalue weighted by molar-refractivity contribution is 0.0515. The van der Waals surface area contributed by atoms with Crippen LogP contribution in [0, 0.1) is 11.3 Å². The van der Waals surface area contributed by atoms with Gasteiger partial charge in [0.1, 0.15) is 28.7 Å². The van der Waals surface area contributed by atoms with E-state index in [9.17, 15) is 14.9 Å². The van der Waals surface area contributed by atoms with Gasteiger partial charge in [-0.25, -0.2) is 9.78 Å². The van der Waals surface area contributed by atoms with Crippen molar-refractivity contribution in [1.82, 2.24) is 4.98 Å². The quantitative estimate of drug-likeness (QED) is 0.216. The van der Waals surface area contributed by atoms with Gasteiger partial charge in [0.15, 0.2) is 18.4 Å². The summed E-state index contributed by atoms with van der Waals surface area (Å²) < 4.78 is 27.2. The van der Waals surface area contributed by atoms with Crippen molar-refractivity contribution in [3.05, 3.63) is 78.3 Å². The largest absolute Gasteiger partial charge is 0.494 e. The van der Waals surface area contributed by atoms with E-state index in [1.54, 1.807) is 69.3 Å². The predicted octanol–water partition coefficient (Wildman–Crippen LogP) is 6.47. The standard InChI is InChI=1S/C31H30N4O7/c1-31(2,3)42-30(37)34-23-12-8-11-19(27(23)39-5)21-16-24(20-10-6-7-13-25(20)41-18-38-4)33-28(22(21)17-32)35-29(36)26-14-9-15-40-26/h6-16H,18H2,1-5H3,(H,34,37)(H,33,35,36). The van der Waals surface area contributed by atoms with E-state index in [0.29, 0.717) is 33.8 Å². The third kappa shape index (κ3) is 6.86. The van der Waals surface area contributed by atoms with Crippen LogP contribution in [0.3, 0.4) is 0 Å². The number of carbonyl (C=O) groups excluding carboxylic acids is 2. The number of rotatable bonds is 9. The molecule has 0 aliphatic carbocycles. The lowest BCUT2D eigenvalue weighted by Gasteiger charge is -2.21. The van der Waals surface area contributed by atoms with Gasteiger partial charge < -0.3 is 28.7 Å². The van der Waals surface area contributed by atoms with E-state index < -0.39 is 17.6 Å². The molecular formula is C31H30N4O7. The highest BCUT2D eigenvalue weighted by Gasteiger charge is 2.24. The molecule has 0 spiro atoms. The maximum Gasteiger partial charge on any atom is 0.412 e. The summed E-state index contributed by atoms with van der Waals surface area (Å²) in [4.78, 5) is 30.2. The Morgan fingerprint density at radius 3 is 2.40 bits per heavy atom. The highest BCUT2D eigenvalue weighted by Crippen LogP contribution is 2.42. The van der Waals surface area contributed by atoms with Gasteiger partial charge in [0.05, 0.1) is 24.8 Å². The number of amides is 2. The van der Waals surface area contributed by atoms with Crippen molar-refractivity contribution < 1.29 is 33.0 Å². The van der Waals surface area contributed by atoms with Crippen LogP contribution in [-0.2, 0) is 9.47 Å². The summed E-state index contributed by atoms with van der Waals surface area (Å²) in [6.45, 7) is 5.26. The van der Waals surface area contributed by atoms with E-state index in [4.69, 9.17) is 23.4 Å². The molecule has 2 aromatic carbocycles. The van der Waals surface area contributed by atoms with E-state index >= 15 is 0 Å². The second kappa shape index (κ2) is 12.9. The van der Waals surface area contributed by atoms with Gasteiger partial charge in [-0.1, -0.05) is 24.3 Å². The Kier molecular flexibility index (Phi) is 9.09. The Labute approximate surface area is 243 Å². The zero-order valence-corrected chi connectivity index (χ0v) is 23.8. The molecule has 11 nitrogen and oxygen atoms in total. The summed E-state index contributed by atoms with van der Waals surface area (Å²) in [5.74, 6) is 0.170. The first kappa shape index (κ1) is 29.6. The first-order valence-electron chi connectivity index (χ1n) is 12.8. The van der Waals surface area contributed by atoms with Crippen LogP contribution in [0.25, 0.3) is 22.4 Å². The molecule has 0 unspecified atom stereocenters. The maximum absolute atomic E-state index is 13.0. The normalized spacial score (nSPS) is 10.9. The fraction of sp³-hybridized carbons (Fsp3) is 0.226. The van der Waals surface area contributed by atoms with Gasteiger partial charge in [-0.3, -0.25) is 10.1 Å². The van der Waals surface area contributed by atoms with E-state index in [-0.39, 0.29) is 29.7 Å². The zero-order valence-electron chi connectivity index (χ0n) is 23.8. The molecule has 0 atom stereocenters. The number of carbonyl (C=O) groups is 2. The average molecular weight is 571 g/mol. The molecule has 0 saturated heterocycles. The van der Waals surface area contributed by atoms with E-state index in [2.05, 4.69) is 21.7 Å². The monoisotopic (exact) mass is 570 g/mol. The number of anilines is 2. The minimum Gasteiger partial charge on any atom is -0.494 e. The van der Waals surface area contributed by atoms with Crippen molar-refractivity contribution in [2.75, 3.05) is 31.6 Å². The first-order chi connectivity index (χ1) is 20.1. The molecule has 4 rings (SSSR count). The number of hydrogen-bond donors (Lipinski definition) is 2. The number of nitrogens with zero attached hydrogens (tertiary/aromatic N) is 2.